The van der Waals surface area contributed by atoms with E-state index in [1.54, 1.807) is 30.3 Å². The van der Waals surface area contributed by atoms with Crippen LogP contribution in [0.2, 0.25) is 0 Å². The van der Waals surface area contributed by atoms with Gasteiger partial charge in [0.1, 0.15) is 18.2 Å². The highest BCUT2D eigenvalue weighted by atomic mass is 19.1. The molecular weight excluding hydrogens is 245 g/mol. The van der Waals surface area contributed by atoms with Crippen LogP contribution in [0.25, 0.3) is 0 Å². The molecule has 0 bridgehead atoms. The predicted molar refractivity (Wildman–Crippen MR) is 71.0 cm³/mol. The fraction of sp³-hybridized carbons (Fsp3) is 0.200. The van der Waals surface area contributed by atoms with Gasteiger partial charge in [-0.1, -0.05) is 24.3 Å². The van der Waals surface area contributed by atoms with Crippen LogP contribution in [0.4, 0.5) is 4.39 Å². The summed E-state index contributed by atoms with van der Waals surface area (Å²) in [5, 5.41) is 9.18. The summed E-state index contributed by atoms with van der Waals surface area (Å²) >= 11 is 0. The molecule has 0 aliphatic rings. The van der Waals surface area contributed by atoms with Crippen LogP contribution >= 0.6 is 0 Å². The number of benzene rings is 2. The van der Waals surface area contributed by atoms with E-state index in [0.717, 1.165) is 5.56 Å². The third-order valence-electron chi connectivity index (χ3n) is 2.87. The molecule has 100 valence electrons. The lowest BCUT2D eigenvalue weighted by Gasteiger charge is -2.11. The molecule has 0 amide bonds. The van der Waals surface area contributed by atoms with E-state index >= 15 is 0 Å². The number of para-hydroxylation sites is 1. The zero-order valence-electron chi connectivity index (χ0n) is 10.5. The average Bonchev–Trinajstić information content (AvgIpc) is 2.46. The molecule has 0 fully saturated rings. The van der Waals surface area contributed by atoms with Crippen molar-refractivity contribution < 1.29 is 14.2 Å². The standard InChI is InChI=1S/C15H16FNO2/c16-14-6-5-11(8-17)7-13(14)10-19-15-4-2-1-3-12(15)9-18/h1-7,18H,8-10,17H2. The van der Waals surface area contributed by atoms with Gasteiger partial charge < -0.3 is 15.6 Å². The first-order valence-electron chi connectivity index (χ1n) is 6.03. The lowest BCUT2D eigenvalue weighted by molar-refractivity contribution is 0.257. The van der Waals surface area contributed by atoms with Crippen molar-refractivity contribution in [2.24, 2.45) is 5.73 Å². The number of aliphatic hydroxyl groups is 1. The summed E-state index contributed by atoms with van der Waals surface area (Å²) in [5.74, 6) is 0.237. The Morgan fingerprint density at radius 1 is 1.11 bits per heavy atom. The van der Waals surface area contributed by atoms with Crippen LogP contribution in [0.3, 0.4) is 0 Å². The van der Waals surface area contributed by atoms with Crippen LogP contribution in [-0.2, 0) is 19.8 Å². The van der Waals surface area contributed by atoms with Crippen molar-refractivity contribution in [1.82, 2.24) is 0 Å². The zero-order valence-corrected chi connectivity index (χ0v) is 10.5. The van der Waals surface area contributed by atoms with Gasteiger partial charge in [0, 0.05) is 17.7 Å². The summed E-state index contributed by atoms with van der Waals surface area (Å²) in [4.78, 5) is 0. The number of ether oxygens (including phenoxy) is 1. The highest BCUT2D eigenvalue weighted by Gasteiger charge is 2.06. The minimum absolute atomic E-state index is 0.108. The van der Waals surface area contributed by atoms with Gasteiger partial charge in [0.25, 0.3) is 0 Å². The maximum atomic E-state index is 13.6. The number of hydrogen-bond donors (Lipinski definition) is 2. The van der Waals surface area contributed by atoms with Crippen LogP contribution in [0.15, 0.2) is 42.5 Å². The van der Waals surface area contributed by atoms with E-state index in [4.69, 9.17) is 10.5 Å². The summed E-state index contributed by atoms with van der Waals surface area (Å²) in [6.45, 7) is 0.360. The molecule has 2 rings (SSSR count). The Morgan fingerprint density at radius 3 is 2.63 bits per heavy atom. The van der Waals surface area contributed by atoms with Gasteiger partial charge in [0.2, 0.25) is 0 Å². The lowest BCUT2D eigenvalue weighted by Crippen LogP contribution is -2.03. The first kappa shape index (κ1) is 13.5. The third kappa shape index (κ3) is 3.30. The fourth-order valence-corrected chi connectivity index (χ4v) is 1.80. The number of nitrogens with two attached hydrogens (primary N) is 1. The highest BCUT2D eigenvalue weighted by Crippen LogP contribution is 2.20. The van der Waals surface area contributed by atoms with Gasteiger partial charge in [0.15, 0.2) is 0 Å². The van der Waals surface area contributed by atoms with E-state index < -0.39 is 0 Å². The largest absolute Gasteiger partial charge is 0.488 e. The van der Waals surface area contributed by atoms with E-state index in [9.17, 15) is 9.50 Å². The topological polar surface area (TPSA) is 55.5 Å². The number of hydrogen-bond acceptors (Lipinski definition) is 3. The molecule has 0 saturated carbocycles. The third-order valence-corrected chi connectivity index (χ3v) is 2.87. The maximum absolute atomic E-state index is 13.6. The molecular formula is C15H16FNO2. The molecule has 0 unspecified atom stereocenters. The van der Waals surface area contributed by atoms with E-state index in [-0.39, 0.29) is 19.0 Å². The number of rotatable bonds is 5. The molecule has 2 aromatic rings. The molecule has 0 aliphatic carbocycles. The normalized spacial score (nSPS) is 10.5. The van der Waals surface area contributed by atoms with Crippen LogP contribution in [0, 0.1) is 5.82 Å². The molecule has 0 aromatic heterocycles. The smallest absolute Gasteiger partial charge is 0.129 e. The molecule has 0 saturated heterocycles. The van der Waals surface area contributed by atoms with Gasteiger partial charge in [-0.25, -0.2) is 4.39 Å². The molecule has 2 aromatic carbocycles. The van der Waals surface area contributed by atoms with Crippen molar-refractivity contribution in [3.05, 3.63) is 65.0 Å². The quantitative estimate of drug-likeness (QED) is 0.868. The first-order valence-corrected chi connectivity index (χ1v) is 6.03. The zero-order chi connectivity index (χ0) is 13.7. The molecule has 0 radical (unpaired) electrons. The molecule has 0 spiro atoms. The summed E-state index contributed by atoms with van der Waals surface area (Å²) in [6.07, 6.45) is 0. The molecule has 19 heavy (non-hydrogen) atoms. The van der Waals surface area contributed by atoms with Crippen molar-refractivity contribution in [3.63, 3.8) is 0 Å². The second-order valence-corrected chi connectivity index (χ2v) is 4.18. The van der Waals surface area contributed by atoms with Crippen molar-refractivity contribution in [1.29, 1.82) is 0 Å². The van der Waals surface area contributed by atoms with Crippen LogP contribution in [0.1, 0.15) is 16.7 Å². The summed E-state index contributed by atoms with van der Waals surface area (Å²) in [6, 6.07) is 11.9. The Hall–Kier alpha value is -1.91. The summed E-state index contributed by atoms with van der Waals surface area (Å²) in [7, 11) is 0. The first-order chi connectivity index (χ1) is 9.24. The monoisotopic (exact) mass is 261 g/mol. The van der Waals surface area contributed by atoms with E-state index in [0.29, 0.717) is 23.4 Å². The average molecular weight is 261 g/mol. The van der Waals surface area contributed by atoms with Crippen molar-refractivity contribution in [2.45, 2.75) is 19.8 Å². The minimum Gasteiger partial charge on any atom is -0.488 e. The molecule has 0 heterocycles. The Morgan fingerprint density at radius 2 is 1.89 bits per heavy atom. The van der Waals surface area contributed by atoms with Crippen molar-refractivity contribution in [2.75, 3.05) is 0 Å². The molecule has 3 nitrogen and oxygen atoms in total. The highest BCUT2D eigenvalue weighted by molar-refractivity contribution is 5.33. The Bertz CT molecular complexity index is 558. The van der Waals surface area contributed by atoms with Gasteiger partial charge in [-0.3, -0.25) is 0 Å². The van der Waals surface area contributed by atoms with Gasteiger partial charge >= 0.3 is 0 Å². The van der Waals surface area contributed by atoms with Crippen LogP contribution < -0.4 is 10.5 Å². The number of halogens is 1. The summed E-state index contributed by atoms with van der Waals surface area (Å²) in [5.41, 5.74) is 7.52. The SMILES string of the molecule is NCc1ccc(F)c(COc2ccccc2CO)c1. The van der Waals surface area contributed by atoms with Crippen LogP contribution in [-0.4, -0.2) is 5.11 Å². The minimum atomic E-state index is -0.321. The van der Waals surface area contributed by atoms with Gasteiger partial charge in [-0.15, -0.1) is 0 Å². The van der Waals surface area contributed by atoms with Gasteiger partial charge in [-0.2, -0.15) is 0 Å². The predicted octanol–water partition coefficient (Wildman–Crippen LogP) is 2.36. The Labute approximate surface area is 111 Å². The maximum Gasteiger partial charge on any atom is 0.129 e. The molecule has 4 heteroatoms. The second-order valence-electron chi connectivity index (χ2n) is 4.18. The van der Waals surface area contributed by atoms with E-state index in [2.05, 4.69) is 0 Å². The van der Waals surface area contributed by atoms with E-state index in [1.165, 1.54) is 6.07 Å². The van der Waals surface area contributed by atoms with Gasteiger partial charge in [0.05, 0.1) is 6.61 Å². The second kappa shape index (κ2) is 6.31. The number of aliphatic hydroxyl groups excluding tert-OH is 1. The summed E-state index contributed by atoms with van der Waals surface area (Å²) < 4.78 is 19.2. The van der Waals surface area contributed by atoms with Crippen LogP contribution in [0.5, 0.6) is 5.75 Å². The van der Waals surface area contributed by atoms with Crippen molar-refractivity contribution >= 4 is 0 Å². The van der Waals surface area contributed by atoms with Gasteiger partial charge in [-0.05, 0) is 23.8 Å². The lowest BCUT2D eigenvalue weighted by atomic mass is 10.1. The Balaban J connectivity index is 2.14. The molecule has 0 atom stereocenters. The Kier molecular flexibility index (Phi) is 4.49. The fourth-order valence-electron chi connectivity index (χ4n) is 1.80. The molecule has 0 aliphatic heterocycles. The molecule has 3 N–H and O–H groups in total. The van der Waals surface area contributed by atoms with Crippen molar-refractivity contribution in [3.8, 4) is 5.75 Å². The van der Waals surface area contributed by atoms with E-state index in [1.807, 2.05) is 6.07 Å².